The summed E-state index contributed by atoms with van der Waals surface area (Å²) in [6, 6.07) is 5.75. The van der Waals surface area contributed by atoms with E-state index in [1.807, 2.05) is 18.2 Å². The lowest BCUT2D eigenvalue weighted by Gasteiger charge is -2.08. The van der Waals surface area contributed by atoms with Gasteiger partial charge in [-0.2, -0.15) is 5.10 Å². The van der Waals surface area contributed by atoms with Crippen LogP contribution in [0.5, 0.6) is 5.75 Å². The van der Waals surface area contributed by atoms with Crippen molar-refractivity contribution in [3.05, 3.63) is 18.2 Å². The van der Waals surface area contributed by atoms with Crippen LogP contribution in [-0.4, -0.2) is 16.8 Å². The highest BCUT2D eigenvalue weighted by atomic mass is 16.5. The molecule has 0 saturated heterocycles. The summed E-state index contributed by atoms with van der Waals surface area (Å²) in [5.41, 5.74) is 6.58. The van der Waals surface area contributed by atoms with Crippen LogP contribution in [0, 0.1) is 5.92 Å². The zero-order valence-electron chi connectivity index (χ0n) is 8.95. The molecule has 0 aliphatic heterocycles. The molecule has 0 unspecified atom stereocenters. The van der Waals surface area contributed by atoms with Crippen molar-refractivity contribution in [1.29, 1.82) is 0 Å². The first-order chi connectivity index (χ1) is 7.16. The molecule has 1 aromatic carbocycles. The maximum Gasteiger partial charge on any atom is 0.153 e. The van der Waals surface area contributed by atoms with Gasteiger partial charge >= 0.3 is 0 Å². The van der Waals surface area contributed by atoms with Crippen LogP contribution in [0.2, 0.25) is 0 Å². The van der Waals surface area contributed by atoms with Crippen LogP contribution in [0.25, 0.3) is 10.9 Å². The average Bonchev–Trinajstić information content (AvgIpc) is 2.57. The number of aromatic nitrogens is 2. The van der Waals surface area contributed by atoms with E-state index in [1.54, 1.807) is 0 Å². The summed E-state index contributed by atoms with van der Waals surface area (Å²) in [5, 5.41) is 7.73. The summed E-state index contributed by atoms with van der Waals surface area (Å²) in [4.78, 5) is 0. The predicted molar refractivity (Wildman–Crippen MR) is 60.8 cm³/mol. The fraction of sp³-hybridized carbons (Fsp3) is 0.364. The number of hydrogen-bond donors (Lipinski definition) is 2. The quantitative estimate of drug-likeness (QED) is 0.807. The number of benzene rings is 1. The van der Waals surface area contributed by atoms with Crippen LogP contribution in [-0.2, 0) is 0 Å². The first-order valence-corrected chi connectivity index (χ1v) is 5.03. The molecule has 2 aromatic rings. The molecule has 0 saturated carbocycles. The van der Waals surface area contributed by atoms with Crippen molar-refractivity contribution in [2.24, 2.45) is 5.92 Å². The van der Waals surface area contributed by atoms with E-state index in [1.165, 1.54) is 0 Å². The predicted octanol–water partition coefficient (Wildman–Crippen LogP) is 2.18. The molecule has 0 fully saturated rings. The van der Waals surface area contributed by atoms with Crippen molar-refractivity contribution >= 4 is 16.7 Å². The van der Waals surface area contributed by atoms with Gasteiger partial charge in [0.1, 0.15) is 5.75 Å². The minimum Gasteiger partial charge on any atom is -0.493 e. The Kier molecular flexibility index (Phi) is 2.49. The highest BCUT2D eigenvalue weighted by Gasteiger charge is 2.03. The van der Waals surface area contributed by atoms with E-state index < -0.39 is 0 Å². The molecule has 0 aliphatic carbocycles. The summed E-state index contributed by atoms with van der Waals surface area (Å²) in [5.74, 6) is 1.90. The van der Waals surface area contributed by atoms with Gasteiger partial charge in [-0.1, -0.05) is 13.8 Å². The van der Waals surface area contributed by atoms with Gasteiger partial charge in [-0.25, -0.2) is 0 Å². The van der Waals surface area contributed by atoms with Gasteiger partial charge in [-0.3, -0.25) is 5.10 Å². The zero-order valence-corrected chi connectivity index (χ0v) is 8.95. The van der Waals surface area contributed by atoms with Crippen molar-refractivity contribution in [3.8, 4) is 5.75 Å². The maximum absolute atomic E-state index is 5.67. The summed E-state index contributed by atoms with van der Waals surface area (Å²) in [6.07, 6.45) is 0. The second kappa shape index (κ2) is 3.81. The molecular weight excluding hydrogens is 190 g/mol. The Morgan fingerprint density at radius 2 is 2.27 bits per heavy atom. The lowest BCUT2D eigenvalue weighted by molar-refractivity contribution is 0.271. The van der Waals surface area contributed by atoms with Gasteiger partial charge in [0.05, 0.1) is 12.1 Å². The number of hydrogen-bond acceptors (Lipinski definition) is 3. The van der Waals surface area contributed by atoms with Crippen LogP contribution in [0.4, 0.5) is 5.82 Å². The standard InChI is InChI=1S/C11H15N3O/c1-7(2)6-15-8-3-4-9-10(5-8)13-14-11(9)12/h3-5,7H,6H2,1-2H3,(H3,12,13,14). The molecule has 0 amide bonds. The first-order valence-electron chi connectivity index (χ1n) is 5.03. The number of nitrogens with one attached hydrogen (secondary N) is 1. The van der Waals surface area contributed by atoms with Crippen LogP contribution in [0.3, 0.4) is 0 Å². The number of H-pyrrole nitrogens is 1. The number of nitrogens with two attached hydrogens (primary N) is 1. The van der Waals surface area contributed by atoms with Crippen LogP contribution >= 0.6 is 0 Å². The lowest BCUT2D eigenvalue weighted by atomic mass is 10.2. The molecule has 1 heterocycles. The van der Waals surface area contributed by atoms with Crippen LogP contribution < -0.4 is 10.5 Å². The Morgan fingerprint density at radius 3 is 3.00 bits per heavy atom. The number of fused-ring (bicyclic) bond motifs is 1. The molecule has 0 aliphatic rings. The zero-order chi connectivity index (χ0) is 10.8. The van der Waals surface area contributed by atoms with Crippen LogP contribution in [0.1, 0.15) is 13.8 Å². The molecule has 3 N–H and O–H groups in total. The van der Waals surface area contributed by atoms with E-state index in [9.17, 15) is 0 Å². The molecule has 80 valence electrons. The normalized spacial score (nSPS) is 11.1. The highest BCUT2D eigenvalue weighted by molar-refractivity contribution is 5.89. The smallest absolute Gasteiger partial charge is 0.153 e. The second-order valence-corrected chi connectivity index (χ2v) is 4.02. The molecule has 0 radical (unpaired) electrons. The second-order valence-electron chi connectivity index (χ2n) is 4.02. The minimum atomic E-state index is 0.521. The van der Waals surface area contributed by atoms with E-state index in [0.29, 0.717) is 11.7 Å². The Morgan fingerprint density at radius 1 is 1.47 bits per heavy atom. The van der Waals surface area contributed by atoms with Crippen molar-refractivity contribution < 1.29 is 4.74 Å². The van der Waals surface area contributed by atoms with E-state index in [0.717, 1.165) is 23.3 Å². The van der Waals surface area contributed by atoms with Crippen molar-refractivity contribution in [2.45, 2.75) is 13.8 Å². The number of ether oxygens (including phenoxy) is 1. The Bertz CT molecular complexity index is 462. The molecule has 15 heavy (non-hydrogen) atoms. The largest absolute Gasteiger partial charge is 0.493 e. The molecule has 0 spiro atoms. The van der Waals surface area contributed by atoms with Crippen LogP contribution in [0.15, 0.2) is 18.2 Å². The molecule has 1 aromatic heterocycles. The Labute approximate surface area is 88.4 Å². The molecular formula is C11H15N3O. The fourth-order valence-electron chi connectivity index (χ4n) is 1.37. The molecule has 0 bridgehead atoms. The van der Waals surface area contributed by atoms with E-state index in [4.69, 9.17) is 10.5 Å². The third-order valence-corrected chi connectivity index (χ3v) is 2.15. The molecule has 0 atom stereocenters. The van der Waals surface area contributed by atoms with Gasteiger partial charge in [0, 0.05) is 11.5 Å². The van der Waals surface area contributed by atoms with E-state index in [2.05, 4.69) is 24.0 Å². The van der Waals surface area contributed by atoms with Gasteiger partial charge in [-0.05, 0) is 18.1 Å². The van der Waals surface area contributed by atoms with Gasteiger partial charge < -0.3 is 10.5 Å². The number of nitrogen functional groups attached to an aromatic ring is 1. The monoisotopic (exact) mass is 205 g/mol. The topological polar surface area (TPSA) is 63.9 Å². The van der Waals surface area contributed by atoms with Gasteiger partial charge in [-0.15, -0.1) is 0 Å². The third kappa shape index (κ3) is 2.03. The van der Waals surface area contributed by atoms with Crippen molar-refractivity contribution in [3.63, 3.8) is 0 Å². The highest BCUT2D eigenvalue weighted by Crippen LogP contribution is 2.22. The summed E-state index contributed by atoms with van der Waals surface area (Å²) in [7, 11) is 0. The van der Waals surface area contributed by atoms with E-state index in [-0.39, 0.29) is 0 Å². The van der Waals surface area contributed by atoms with Gasteiger partial charge in [0.2, 0.25) is 0 Å². The van der Waals surface area contributed by atoms with Crippen molar-refractivity contribution in [1.82, 2.24) is 10.2 Å². The lowest BCUT2D eigenvalue weighted by Crippen LogP contribution is -2.04. The number of anilines is 1. The summed E-state index contributed by atoms with van der Waals surface area (Å²) < 4.78 is 5.60. The number of rotatable bonds is 3. The SMILES string of the molecule is CC(C)COc1ccc2c(N)n[nH]c2c1. The molecule has 2 rings (SSSR count). The fourth-order valence-corrected chi connectivity index (χ4v) is 1.37. The summed E-state index contributed by atoms with van der Waals surface area (Å²) >= 11 is 0. The summed E-state index contributed by atoms with van der Waals surface area (Å²) in [6.45, 7) is 4.95. The number of aromatic amines is 1. The third-order valence-electron chi connectivity index (χ3n) is 2.15. The Balaban J connectivity index is 2.23. The maximum atomic E-state index is 5.67. The average molecular weight is 205 g/mol. The number of nitrogens with zero attached hydrogens (tertiary/aromatic N) is 1. The first kappa shape index (κ1) is 9.83. The van der Waals surface area contributed by atoms with Gasteiger partial charge in [0.25, 0.3) is 0 Å². The Hall–Kier alpha value is -1.71. The molecule has 4 heteroatoms. The van der Waals surface area contributed by atoms with Gasteiger partial charge in [0.15, 0.2) is 5.82 Å². The minimum absolute atomic E-state index is 0.521. The van der Waals surface area contributed by atoms with E-state index >= 15 is 0 Å². The molecule has 4 nitrogen and oxygen atoms in total. The van der Waals surface area contributed by atoms with Crippen molar-refractivity contribution in [2.75, 3.05) is 12.3 Å².